The summed E-state index contributed by atoms with van der Waals surface area (Å²) < 4.78 is 12.7. The van der Waals surface area contributed by atoms with E-state index in [-0.39, 0.29) is 23.0 Å². The van der Waals surface area contributed by atoms with E-state index in [1.165, 1.54) is 28.2 Å². The molecule has 0 saturated heterocycles. The quantitative estimate of drug-likeness (QED) is 0.314. The molecule has 41 heavy (non-hydrogen) atoms. The maximum Gasteiger partial charge on any atom is 0.416 e. The average Bonchev–Trinajstić information content (AvgIpc) is 3.41. The van der Waals surface area contributed by atoms with Crippen LogP contribution >= 0.6 is 0 Å². The van der Waals surface area contributed by atoms with Crippen molar-refractivity contribution in [3.05, 3.63) is 72.0 Å². The molecule has 0 aliphatic heterocycles. The van der Waals surface area contributed by atoms with Crippen molar-refractivity contribution < 1.29 is 23.5 Å². The molecule has 0 atom stereocenters. The van der Waals surface area contributed by atoms with Crippen LogP contribution in [0.2, 0.25) is 0 Å². The minimum Gasteiger partial charge on any atom is -0.444 e. The number of carbonyl (C=O) groups is 3. The van der Waals surface area contributed by atoms with Gasteiger partial charge in [0, 0.05) is 18.3 Å². The van der Waals surface area contributed by atoms with Gasteiger partial charge in [-0.2, -0.15) is 5.10 Å². The lowest BCUT2D eigenvalue weighted by Crippen LogP contribution is -2.38. The Kier molecular flexibility index (Phi) is 7.31. The number of aromatic nitrogens is 4. The lowest BCUT2D eigenvalue weighted by atomic mass is 10.2. The van der Waals surface area contributed by atoms with Crippen molar-refractivity contribution in [3.8, 4) is 17.1 Å². The highest BCUT2D eigenvalue weighted by molar-refractivity contribution is 6.07. The minimum absolute atomic E-state index is 0.0288. The van der Waals surface area contributed by atoms with Crippen LogP contribution in [0.15, 0.2) is 59.5 Å². The topological polar surface area (TPSA) is 158 Å². The maximum absolute atomic E-state index is 13.0. The number of carbonyl (C=O) groups excluding carboxylic acids is 3. The molecule has 0 unspecified atom stereocenters. The molecule has 1 aliphatic rings. The number of oxazole rings is 1. The molecule has 12 nitrogen and oxygen atoms in total. The minimum atomic E-state index is -0.794. The van der Waals surface area contributed by atoms with E-state index >= 15 is 0 Å². The van der Waals surface area contributed by atoms with Gasteiger partial charge in [-0.05, 0) is 70.7 Å². The smallest absolute Gasteiger partial charge is 0.416 e. The molecule has 3 amide bonds. The zero-order valence-electron chi connectivity index (χ0n) is 23.2. The van der Waals surface area contributed by atoms with Gasteiger partial charge in [0.05, 0.1) is 17.6 Å². The number of nitrogens with zero attached hydrogens (tertiary/aromatic N) is 5. The van der Waals surface area contributed by atoms with Crippen LogP contribution < -0.4 is 16.0 Å². The first-order valence-electron chi connectivity index (χ1n) is 13.2. The summed E-state index contributed by atoms with van der Waals surface area (Å²) in [6.07, 6.45) is 5.84. The van der Waals surface area contributed by atoms with Gasteiger partial charge in [0.15, 0.2) is 11.4 Å². The molecule has 3 N–H and O–H groups in total. The molecule has 12 heteroatoms. The largest absolute Gasteiger partial charge is 0.444 e. The van der Waals surface area contributed by atoms with Gasteiger partial charge in [-0.1, -0.05) is 17.7 Å². The average molecular weight is 558 g/mol. The number of hydrogen-bond donors (Lipinski definition) is 2. The van der Waals surface area contributed by atoms with E-state index < -0.39 is 23.5 Å². The molecule has 0 radical (unpaired) electrons. The van der Waals surface area contributed by atoms with Crippen molar-refractivity contribution in [2.24, 2.45) is 11.7 Å². The van der Waals surface area contributed by atoms with E-state index in [0.717, 1.165) is 18.4 Å². The first-order chi connectivity index (χ1) is 19.5. The van der Waals surface area contributed by atoms with Crippen molar-refractivity contribution in [2.75, 3.05) is 16.8 Å². The monoisotopic (exact) mass is 557 g/mol. The van der Waals surface area contributed by atoms with Gasteiger partial charge in [0.1, 0.15) is 17.7 Å². The van der Waals surface area contributed by atoms with Crippen LogP contribution in [0.3, 0.4) is 0 Å². The van der Waals surface area contributed by atoms with Crippen LogP contribution in [0.4, 0.5) is 16.3 Å². The number of benzene rings is 1. The van der Waals surface area contributed by atoms with Gasteiger partial charge in [-0.3, -0.25) is 14.5 Å². The Morgan fingerprint density at radius 1 is 1.17 bits per heavy atom. The van der Waals surface area contributed by atoms with E-state index in [1.54, 1.807) is 12.1 Å². The fourth-order valence-electron chi connectivity index (χ4n) is 4.01. The number of nitrogens with one attached hydrogen (secondary N) is 1. The SMILES string of the molecule is Cc1ccc(-n2cc(NC(=O)c3coc(-c4ccnc(N(CC5CC5)C(=O)OC(C)(C)C)c4)n3)c(C(N)=O)n2)cc1. The molecule has 212 valence electrons. The molecular weight excluding hydrogens is 526 g/mol. The molecule has 1 aliphatic carbocycles. The van der Waals surface area contributed by atoms with Crippen molar-refractivity contribution in [1.29, 1.82) is 0 Å². The van der Waals surface area contributed by atoms with Crippen molar-refractivity contribution >= 4 is 29.4 Å². The number of ether oxygens (including phenoxy) is 1. The summed E-state index contributed by atoms with van der Waals surface area (Å²) in [6.45, 7) is 7.87. The molecule has 1 saturated carbocycles. The second-order valence-electron chi connectivity index (χ2n) is 11.0. The summed E-state index contributed by atoms with van der Waals surface area (Å²) in [4.78, 5) is 48.2. The van der Waals surface area contributed by atoms with Crippen LogP contribution in [-0.2, 0) is 4.74 Å². The number of hydrogen-bond acceptors (Lipinski definition) is 8. The van der Waals surface area contributed by atoms with Crippen LogP contribution in [-0.4, -0.2) is 49.8 Å². The first-order valence-corrected chi connectivity index (χ1v) is 13.2. The highest BCUT2D eigenvalue weighted by Gasteiger charge is 2.31. The predicted octanol–water partition coefficient (Wildman–Crippen LogP) is 4.73. The van der Waals surface area contributed by atoms with Crippen molar-refractivity contribution in [2.45, 2.75) is 46.1 Å². The normalized spacial score (nSPS) is 13.1. The number of nitrogens with two attached hydrogens (primary N) is 1. The second-order valence-corrected chi connectivity index (χ2v) is 11.0. The molecule has 3 aromatic heterocycles. The van der Waals surface area contributed by atoms with Gasteiger partial charge >= 0.3 is 6.09 Å². The zero-order valence-corrected chi connectivity index (χ0v) is 23.2. The van der Waals surface area contributed by atoms with Gasteiger partial charge in [-0.25, -0.2) is 19.4 Å². The van der Waals surface area contributed by atoms with Gasteiger partial charge < -0.3 is 20.2 Å². The molecule has 0 bridgehead atoms. The van der Waals surface area contributed by atoms with Gasteiger partial charge in [-0.15, -0.1) is 0 Å². The fraction of sp³-hybridized carbons (Fsp3) is 0.310. The third-order valence-electron chi connectivity index (χ3n) is 6.25. The summed E-state index contributed by atoms with van der Waals surface area (Å²) in [5, 5.41) is 6.87. The van der Waals surface area contributed by atoms with Crippen LogP contribution in [0.5, 0.6) is 0 Å². The van der Waals surface area contributed by atoms with Crippen molar-refractivity contribution in [1.82, 2.24) is 19.7 Å². The molecule has 3 heterocycles. The zero-order chi connectivity index (χ0) is 29.3. The first kappa shape index (κ1) is 27.6. The Morgan fingerprint density at radius 3 is 2.56 bits per heavy atom. The molecular formula is C29H31N7O5. The third kappa shape index (κ3) is 6.60. The molecule has 1 fully saturated rings. The number of pyridine rings is 1. The summed E-state index contributed by atoms with van der Waals surface area (Å²) in [7, 11) is 0. The Bertz CT molecular complexity index is 1600. The summed E-state index contributed by atoms with van der Waals surface area (Å²) in [6, 6.07) is 10.8. The van der Waals surface area contributed by atoms with Gasteiger partial charge in [0.25, 0.3) is 11.8 Å². The number of anilines is 2. The number of aryl methyl sites for hydroxylation is 1. The van der Waals surface area contributed by atoms with Crippen LogP contribution in [0.1, 0.15) is 60.2 Å². The van der Waals surface area contributed by atoms with E-state index in [1.807, 2.05) is 52.0 Å². The number of primary amides is 1. The summed E-state index contributed by atoms with van der Waals surface area (Å²) in [5.41, 5.74) is 7.13. The Balaban J connectivity index is 1.36. The third-order valence-corrected chi connectivity index (χ3v) is 6.25. The maximum atomic E-state index is 13.0. The lowest BCUT2D eigenvalue weighted by molar-refractivity contribution is 0.0577. The Hall–Kier alpha value is -5.00. The molecule has 5 rings (SSSR count). The highest BCUT2D eigenvalue weighted by atomic mass is 16.6. The van der Waals surface area contributed by atoms with E-state index in [4.69, 9.17) is 14.9 Å². The van der Waals surface area contributed by atoms with E-state index in [2.05, 4.69) is 20.4 Å². The Morgan fingerprint density at radius 2 is 1.90 bits per heavy atom. The van der Waals surface area contributed by atoms with Crippen LogP contribution in [0, 0.1) is 12.8 Å². The molecule has 0 spiro atoms. The molecule has 4 aromatic rings. The summed E-state index contributed by atoms with van der Waals surface area (Å²) >= 11 is 0. The summed E-state index contributed by atoms with van der Waals surface area (Å²) in [5.74, 6) is -0.477. The standard InChI is InChI=1S/C29H31N7O5/c1-17-5-9-20(10-6-17)36-15-21(24(34-36)25(30)37)32-26(38)22-16-40-27(33-22)19-11-12-31-23(13-19)35(14-18-7-8-18)28(39)41-29(2,3)4/h5-6,9-13,15-16,18H,7-8,14H2,1-4H3,(H2,30,37)(H,32,38). The van der Waals surface area contributed by atoms with Crippen LogP contribution in [0.25, 0.3) is 17.1 Å². The van der Waals surface area contributed by atoms with E-state index in [0.29, 0.717) is 29.5 Å². The fourth-order valence-corrected chi connectivity index (χ4v) is 4.01. The van der Waals surface area contributed by atoms with Gasteiger partial charge in [0.2, 0.25) is 5.89 Å². The Labute approximate surface area is 236 Å². The second kappa shape index (κ2) is 10.9. The highest BCUT2D eigenvalue weighted by Crippen LogP contribution is 2.33. The molecule has 1 aromatic carbocycles. The number of amides is 3. The van der Waals surface area contributed by atoms with Crippen molar-refractivity contribution in [3.63, 3.8) is 0 Å². The lowest BCUT2D eigenvalue weighted by Gasteiger charge is -2.27. The predicted molar refractivity (Wildman–Crippen MR) is 151 cm³/mol. The van der Waals surface area contributed by atoms with E-state index in [9.17, 15) is 14.4 Å². The number of rotatable bonds is 8.